The first-order valence-electron chi connectivity index (χ1n) is 6.41. The minimum Gasteiger partial charge on any atom is -0.309 e. The Morgan fingerprint density at radius 1 is 1.37 bits per heavy atom. The summed E-state index contributed by atoms with van der Waals surface area (Å²) in [7, 11) is 0. The van der Waals surface area contributed by atoms with E-state index in [4.69, 9.17) is 0 Å². The van der Waals surface area contributed by atoms with Gasteiger partial charge in [-0.3, -0.25) is 0 Å². The first-order chi connectivity index (χ1) is 9.20. The third-order valence-corrected chi connectivity index (χ3v) is 4.45. The summed E-state index contributed by atoms with van der Waals surface area (Å²) in [4.78, 5) is 1.26. The van der Waals surface area contributed by atoms with Gasteiger partial charge >= 0.3 is 0 Å². The molecule has 1 heterocycles. The van der Waals surface area contributed by atoms with E-state index in [9.17, 15) is 4.39 Å². The molecule has 1 N–H and O–H groups in total. The van der Waals surface area contributed by atoms with Crippen molar-refractivity contribution in [2.24, 2.45) is 0 Å². The van der Waals surface area contributed by atoms with Crippen LogP contribution >= 0.6 is 27.3 Å². The third kappa shape index (κ3) is 4.13. The van der Waals surface area contributed by atoms with Gasteiger partial charge in [-0.1, -0.05) is 35.0 Å². The van der Waals surface area contributed by atoms with Crippen LogP contribution in [0.5, 0.6) is 0 Å². The van der Waals surface area contributed by atoms with E-state index in [1.807, 2.05) is 18.2 Å². The molecule has 0 fully saturated rings. The molecule has 2 aromatic rings. The summed E-state index contributed by atoms with van der Waals surface area (Å²) in [6, 6.07) is 9.61. The first kappa shape index (κ1) is 14.7. The summed E-state index contributed by atoms with van der Waals surface area (Å²) in [6.07, 6.45) is 1.75. The molecule has 0 spiro atoms. The second-order valence-corrected chi connectivity index (χ2v) is 6.36. The van der Waals surface area contributed by atoms with Crippen LogP contribution in [0.2, 0.25) is 0 Å². The molecule has 1 aromatic heterocycles. The van der Waals surface area contributed by atoms with E-state index in [2.05, 4.69) is 39.6 Å². The highest BCUT2D eigenvalue weighted by Crippen LogP contribution is 2.25. The second-order valence-electron chi connectivity index (χ2n) is 4.46. The number of benzene rings is 1. The maximum atomic E-state index is 13.9. The molecule has 0 saturated carbocycles. The topological polar surface area (TPSA) is 12.0 Å². The average molecular weight is 342 g/mol. The molecule has 0 bridgehead atoms. The van der Waals surface area contributed by atoms with E-state index >= 15 is 0 Å². The number of hydrogen-bond acceptors (Lipinski definition) is 2. The van der Waals surface area contributed by atoms with Crippen molar-refractivity contribution in [2.45, 2.75) is 25.8 Å². The number of hydrogen-bond donors (Lipinski definition) is 1. The lowest BCUT2D eigenvalue weighted by Gasteiger charge is -2.17. The van der Waals surface area contributed by atoms with Gasteiger partial charge in [0.2, 0.25) is 0 Å². The number of halogens is 2. The van der Waals surface area contributed by atoms with Crippen molar-refractivity contribution in [3.63, 3.8) is 0 Å². The molecule has 0 saturated heterocycles. The maximum absolute atomic E-state index is 13.9. The SMILES string of the molecule is CCCNC(Cc1ccc(Br)cc1F)c1cccs1. The Kier molecular flexibility index (Phi) is 5.55. The van der Waals surface area contributed by atoms with Crippen molar-refractivity contribution in [3.05, 3.63) is 56.4 Å². The summed E-state index contributed by atoms with van der Waals surface area (Å²) in [6.45, 7) is 3.08. The highest BCUT2D eigenvalue weighted by atomic mass is 79.9. The van der Waals surface area contributed by atoms with E-state index in [1.54, 1.807) is 11.3 Å². The summed E-state index contributed by atoms with van der Waals surface area (Å²) in [5.74, 6) is -0.144. The number of thiophene rings is 1. The molecule has 1 atom stereocenters. The lowest BCUT2D eigenvalue weighted by atomic mass is 10.0. The van der Waals surface area contributed by atoms with E-state index in [0.717, 1.165) is 23.0 Å². The Balaban J connectivity index is 2.15. The van der Waals surface area contributed by atoms with Gasteiger partial charge in [0.05, 0.1) is 0 Å². The van der Waals surface area contributed by atoms with Gasteiger partial charge < -0.3 is 5.32 Å². The Hall–Kier alpha value is -0.710. The van der Waals surface area contributed by atoms with Crippen molar-refractivity contribution in [3.8, 4) is 0 Å². The zero-order valence-corrected chi connectivity index (χ0v) is 13.2. The molecular formula is C15H17BrFNS. The normalized spacial score (nSPS) is 12.6. The monoisotopic (exact) mass is 341 g/mol. The van der Waals surface area contributed by atoms with Gasteiger partial charge in [0.1, 0.15) is 5.82 Å². The van der Waals surface area contributed by atoms with Crippen LogP contribution in [0.25, 0.3) is 0 Å². The van der Waals surface area contributed by atoms with Crippen LogP contribution in [-0.4, -0.2) is 6.54 Å². The summed E-state index contributed by atoms with van der Waals surface area (Å²) < 4.78 is 14.7. The number of nitrogens with one attached hydrogen (secondary N) is 1. The van der Waals surface area contributed by atoms with E-state index in [-0.39, 0.29) is 11.9 Å². The van der Waals surface area contributed by atoms with Gasteiger partial charge in [-0.15, -0.1) is 11.3 Å². The molecule has 1 aromatic carbocycles. The second kappa shape index (κ2) is 7.17. The minimum absolute atomic E-state index is 0.144. The highest BCUT2D eigenvalue weighted by Gasteiger charge is 2.14. The fraction of sp³-hybridized carbons (Fsp3) is 0.333. The Labute approximate surface area is 126 Å². The van der Waals surface area contributed by atoms with Crippen molar-refractivity contribution >= 4 is 27.3 Å². The van der Waals surface area contributed by atoms with Crippen molar-refractivity contribution < 1.29 is 4.39 Å². The fourth-order valence-corrected chi connectivity index (χ4v) is 3.12. The quantitative estimate of drug-likeness (QED) is 0.785. The van der Waals surface area contributed by atoms with Crippen LogP contribution in [-0.2, 0) is 6.42 Å². The third-order valence-electron chi connectivity index (χ3n) is 2.97. The molecule has 1 nitrogen and oxygen atoms in total. The fourth-order valence-electron chi connectivity index (χ4n) is 1.99. The van der Waals surface area contributed by atoms with E-state index in [0.29, 0.717) is 6.42 Å². The predicted molar refractivity (Wildman–Crippen MR) is 83.2 cm³/mol. The lowest BCUT2D eigenvalue weighted by molar-refractivity contribution is 0.519. The molecule has 1 unspecified atom stereocenters. The molecule has 102 valence electrons. The standard InChI is InChI=1S/C15H17BrFNS/c1-2-7-18-14(15-4-3-8-19-15)9-11-5-6-12(16)10-13(11)17/h3-6,8,10,14,18H,2,7,9H2,1H3. The van der Waals surface area contributed by atoms with Crippen molar-refractivity contribution in [2.75, 3.05) is 6.54 Å². The molecule has 0 aliphatic carbocycles. The Morgan fingerprint density at radius 3 is 2.84 bits per heavy atom. The summed E-state index contributed by atoms with van der Waals surface area (Å²) in [5.41, 5.74) is 0.755. The van der Waals surface area contributed by atoms with Crippen LogP contribution in [0.4, 0.5) is 4.39 Å². The largest absolute Gasteiger partial charge is 0.309 e. The number of rotatable bonds is 6. The highest BCUT2D eigenvalue weighted by molar-refractivity contribution is 9.10. The Morgan fingerprint density at radius 2 is 2.21 bits per heavy atom. The van der Waals surface area contributed by atoms with Gasteiger partial charge in [0.25, 0.3) is 0 Å². The lowest BCUT2D eigenvalue weighted by Crippen LogP contribution is -2.23. The average Bonchev–Trinajstić information content (AvgIpc) is 2.90. The van der Waals surface area contributed by atoms with Crippen LogP contribution < -0.4 is 5.32 Å². The zero-order chi connectivity index (χ0) is 13.7. The van der Waals surface area contributed by atoms with Gasteiger partial charge in [-0.05, 0) is 48.5 Å². The first-order valence-corrected chi connectivity index (χ1v) is 8.08. The van der Waals surface area contributed by atoms with E-state index in [1.165, 1.54) is 10.9 Å². The molecule has 19 heavy (non-hydrogen) atoms. The molecule has 0 radical (unpaired) electrons. The summed E-state index contributed by atoms with van der Waals surface area (Å²) in [5, 5.41) is 5.56. The molecule has 0 amide bonds. The van der Waals surface area contributed by atoms with Crippen LogP contribution in [0, 0.1) is 5.82 Å². The molecule has 0 aliphatic heterocycles. The molecular weight excluding hydrogens is 325 g/mol. The van der Waals surface area contributed by atoms with Gasteiger partial charge in [-0.2, -0.15) is 0 Å². The zero-order valence-electron chi connectivity index (χ0n) is 10.8. The van der Waals surface area contributed by atoms with Crippen LogP contribution in [0.15, 0.2) is 40.2 Å². The van der Waals surface area contributed by atoms with Gasteiger partial charge in [-0.25, -0.2) is 4.39 Å². The molecule has 4 heteroatoms. The van der Waals surface area contributed by atoms with Gasteiger partial charge in [0.15, 0.2) is 0 Å². The van der Waals surface area contributed by atoms with Crippen molar-refractivity contribution in [1.82, 2.24) is 5.32 Å². The summed E-state index contributed by atoms with van der Waals surface area (Å²) >= 11 is 5.01. The van der Waals surface area contributed by atoms with Crippen molar-refractivity contribution in [1.29, 1.82) is 0 Å². The minimum atomic E-state index is -0.144. The Bertz CT molecular complexity index is 513. The maximum Gasteiger partial charge on any atom is 0.127 e. The smallest absolute Gasteiger partial charge is 0.127 e. The molecule has 0 aliphatic rings. The predicted octanol–water partition coefficient (Wildman–Crippen LogP) is 4.93. The van der Waals surface area contributed by atoms with E-state index < -0.39 is 0 Å². The van der Waals surface area contributed by atoms with Crippen LogP contribution in [0.3, 0.4) is 0 Å². The van der Waals surface area contributed by atoms with Gasteiger partial charge in [0, 0.05) is 15.4 Å². The van der Waals surface area contributed by atoms with Crippen LogP contribution in [0.1, 0.15) is 29.8 Å². The molecule has 2 rings (SSSR count).